The molecule has 0 spiro atoms. The summed E-state index contributed by atoms with van der Waals surface area (Å²) in [7, 11) is 3.89. The minimum absolute atomic E-state index is 0.0106. The maximum Gasteiger partial charge on any atom is 0.234 e. The van der Waals surface area contributed by atoms with E-state index >= 15 is 0 Å². The number of amides is 1. The summed E-state index contributed by atoms with van der Waals surface area (Å²) in [6.07, 6.45) is 1.000. The van der Waals surface area contributed by atoms with Crippen molar-refractivity contribution in [1.29, 1.82) is 0 Å². The third-order valence-electron chi connectivity index (χ3n) is 3.26. The molecule has 0 bridgehead atoms. The molecule has 0 aromatic rings. The Morgan fingerprint density at radius 3 is 2.28 bits per heavy atom. The van der Waals surface area contributed by atoms with Gasteiger partial charge >= 0.3 is 0 Å². The summed E-state index contributed by atoms with van der Waals surface area (Å²) in [5.74, 6) is -0.209. The van der Waals surface area contributed by atoms with Gasteiger partial charge in [0.1, 0.15) is 5.41 Å². The summed E-state index contributed by atoms with van der Waals surface area (Å²) in [5, 5.41) is 14.8. The number of hydrogen-bond donors (Lipinski definition) is 3. The highest BCUT2D eigenvalue weighted by molar-refractivity contribution is 6.06. The second-order valence-corrected chi connectivity index (χ2v) is 4.91. The fourth-order valence-corrected chi connectivity index (χ4v) is 2.10. The minimum atomic E-state index is -0.921. The Labute approximate surface area is 109 Å². The Bertz CT molecular complexity index is 298. The zero-order chi connectivity index (χ0) is 14.3. The molecule has 1 amide bonds. The smallest absolute Gasteiger partial charge is 0.234 e. The van der Waals surface area contributed by atoms with E-state index < -0.39 is 5.41 Å². The molecule has 6 nitrogen and oxygen atoms in total. The van der Waals surface area contributed by atoms with Crippen LogP contribution in [0.4, 0.5) is 0 Å². The molecule has 0 heterocycles. The summed E-state index contributed by atoms with van der Waals surface area (Å²) >= 11 is 0. The Morgan fingerprint density at radius 2 is 1.94 bits per heavy atom. The third-order valence-corrected chi connectivity index (χ3v) is 3.26. The Balaban J connectivity index is 4.89. The number of oxime groups is 1. The summed E-state index contributed by atoms with van der Waals surface area (Å²) in [6, 6.07) is 0.0106. The number of amidine groups is 1. The van der Waals surface area contributed by atoms with Crippen LogP contribution in [-0.2, 0) is 4.79 Å². The molecule has 0 aliphatic carbocycles. The molecular formula is C12H26N4O2. The number of likely N-dealkylation sites (N-methyl/N-ethyl adjacent to an activating group) is 1. The van der Waals surface area contributed by atoms with Gasteiger partial charge in [0.2, 0.25) is 5.91 Å². The van der Waals surface area contributed by atoms with Crippen LogP contribution in [0.1, 0.15) is 33.6 Å². The molecule has 0 fully saturated rings. The van der Waals surface area contributed by atoms with Crippen LogP contribution in [0.25, 0.3) is 0 Å². The maximum absolute atomic E-state index is 12.3. The molecule has 0 saturated heterocycles. The topological polar surface area (TPSA) is 91.0 Å². The van der Waals surface area contributed by atoms with E-state index in [9.17, 15) is 4.79 Å². The van der Waals surface area contributed by atoms with Crippen molar-refractivity contribution in [2.75, 3.05) is 20.6 Å². The van der Waals surface area contributed by atoms with Gasteiger partial charge in [0.25, 0.3) is 0 Å². The van der Waals surface area contributed by atoms with Crippen LogP contribution in [0.15, 0.2) is 5.16 Å². The Kier molecular flexibility index (Phi) is 6.68. The summed E-state index contributed by atoms with van der Waals surface area (Å²) in [4.78, 5) is 14.3. The van der Waals surface area contributed by atoms with Crippen LogP contribution in [0.5, 0.6) is 0 Å². The van der Waals surface area contributed by atoms with Gasteiger partial charge in [-0.15, -0.1) is 0 Å². The Hall–Kier alpha value is -1.30. The number of nitrogens with one attached hydrogen (secondary N) is 1. The van der Waals surface area contributed by atoms with Crippen LogP contribution in [0.3, 0.4) is 0 Å². The van der Waals surface area contributed by atoms with Crippen LogP contribution >= 0.6 is 0 Å². The van der Waals surface area contributed by atoms with Gasteiger partial charge in [0.05, 0.1) is 0 Å². The van der Waals surface area contributed by atoms with Gasteiger partial charge in [-0.05, 0) is 33.9 Å². The molecule has 0 aliphatic rings. The standard InChI is InChI=1S/C12H26N4O2/c1-6-12(7-2,10(13)15-18)11(17)14-9(3)8-16(4)5/h9,18H,6-8H2,1-5H3,(H2,13,15)(H,14,17). The van der Waals surface area contributed by atoms with Crippen molar-refractivity contribution in [2.24, 2.45) is 16.3 Å². The average molecular weight is 258 g/mol. The van der Waals surface area contributed by atoms with Gasteiger partial charge in [-0.3, -0.25) is 4.79 Å². The molecule has 4 N–H and O–H groups in total. The van der Waals surface area contributed by atoms with Crippen molar-refractivity contribution < 1.29 is 10.0 Å². The van der Waals surface area contributed by atoms with Gasteiger partial charge in [0.15, 0.2) is 5.84 Å². The van der Waals surface area contributed by atoms with E-state index in [0.717, 1.165) is 6.54 Å². The fraction of sp³-hybridized carbons (Fsp3) is 0.833. The predicted molar refractivity (Wildman–Crippen MR) is 72.6 cm³/mol. The molecule has 0 aromatic carbocycles. The highest BCUT2D eigenvalue weighted by atomic mass is 16.4. The van der Waals surface area contributed by atoms with Crippen molar-refractivity contribution in [3.8, 4) is 0 Å². The number of nitrogens with zero attached hydrogens (tertiary/aromatic N) is 2. The van der Waals surface area contributed by atoms with Crippen molar-refractivity contribution >= 4 is 11.7 Å². The van der Waals surface area contributed by atoms with Gasteiger partial charge in [-0.25, -0.2) is 0 Å². The van der Waals surface area contributed by atoms with Crippen LogP contribution in [0, 0.1) is 5.41 Å². The maximum atomic E-state index is 12.3. The lowest BCUT2D eigenvalue weighted by Gasteiger charge is -2.30. The lowest BCUT2D eigenvalue weighted by atomic mass is 9.80. The third kappa shape index (κ3) is 3.87. The quantitative estimate of drug-likeness (QED) is 0.270. The van der Waals surface area contributed by atoms with E-state index in [2.05, 4.69) is 10.5 Å². The largest absolute Gasteiger partial charge is 0.409 e. The first-order chi connectivity index (χ1) is 8.33. The second kappa shape index (κ2) is 7.20. The number of hydrogen-bond acceptors (Lipinski definition) is 4. The van der Waals surface area contributed by atoms with Gasteiger partial charge < -0.3 is 21.2 Å². The number of rotatable bonds is 7. The van der Waals surface area contributed by atoms with Crippen LogP contribution < -0.4 is 11.1 Å². The molecule has 0 rings (SSSR count). The minimum Gasteiger partial charge on any atom is -0.409 e. The fourth-order valence-electron chi connectivity index (χ4n) is 2.10. The van der Waals surface area contributed by atoms with Crippen molar-refractivity contribution in [3.63, 3.8) is 0 Å². The SMILES string of the molecule is CCC(CC)(C(=O)NC(C)CN(C)C)C(N)=NO. The molecule has 18 heavy (non-hydrogen) atoms. The molecule has 6 heteroatoms. The lowest BCUT2D eigenvalue weighted by Crippen LogP contribution is -2.52. The van der Waals surface area contributed by atoms with Crippen molar-refractivity contribution in [3.05, 3.63) is 0 Å². The first kappa shape index (κ1) is 16.7. The van der Waals surface area contributed by atoms with Gasteiger partial charge in [-0.1, -0.05) is 19.0 Å². The van der Waals surface area contributed by atoms with E-state index in [0.29, 0.717) is 12.8 Å². The van der Waals surface area contributed by atoms with Crippen molar-refractivity contribution in [2.45, 2.75) is 39.7 Å². The predicted octanol–water partition coefficient (Wildman–Crippen LogP) is 0.606. The van der Waals surface area contributed by atoms with E-state index in [4.69, 9.17) is 10.9 Å². The number of carbonyl (C=O) groups is 1. The second-order valence-electron chi connectivity index (χ2n) is 4.91. The summed E-state index contributed by atoms with van der Waals surface area (Å²) < 4.78 is 0. The first-order valence-corrected chi connectivity index (χ1v) is 6.27. The first-order valence-electron chi connectivity index (χ1n) is 6.27. The molecule has 106 valence electrons. The molecule has 1 atom stereocenters. The van der Waals surface area contributed by atoms with Crippen LogP contribution in [-0.4, -0.2) is 48.5 Å². The van der Waals surface area contributed by atoms with Crippen LogP contribution in [0.2, 0.25) is 0 Å². The zero-order valence-corrected chi connectivity index (χ0v) is 12.0. The van der Waals surface area contributed by atoms with E-state index in [1.165, 1.54) is 0 Å². The molecule has 0 aliphatic heterocycles. The molecule has 0 radical (unpaired) electrons. The lowest BCUT2D eigenvalue weighted by molar-refractivity contribution is -0.128. The summed E-state index contributed by atoms with van der Waals surface area (Å²) in [5.41, 5.74) is 4.76. The number of nitrogens with two attached hydrogens (primary N) is 1. The number of carbonyl (C=O) groups excluding carboxylic acids is 1. The molecule has 0 aromatic heterocycles. The average Bonchev–Trinajstić information content (AvgIpc) is 2.29. The molecule has 0 saturated carbocycles. The van der Waals surface area contributed by atoms with Crippen molar-refractivity contribution in [1.82, 2.24) is 10.2 Å². The van der Waals surface area contributed by atoms with Gasteiger partial charge in [0, 0.05) is 12.6 Å². The van der Waals surface area contributed by atoms with E-state index in [-0.39, 0.29) is 17.8 Å². The Morgan fingerprint density at radius 1 is 1.44 bits per heavy atom. The van der Waals surface area contributed by atoms with E-state index in [1.807, 2.05) is 39.8 Å². The zero-order valence-electron chi connectivity index (χ0n) is 12.0. The molecular weight excluding hydrogens is 232 g/mol. The molecule has 1 unspecified atom stereocenters. The monoisotopic (exact) mass is 258 g/mol. The normalized spacial score (nSPS) is 14.7. The highest BCUT2D eigenvalue weighted by Gasteiger charge is 2.40. The highest BCUT2D eigenvalue weighted by Crippen LogP contribution is 2.27. The summed E-state index contributed by atoms with van der Waals surface area (Å²) in [6.45, 7) is 6.39. The van der Waals surface area contributed by atoms with Gasteiger partial charge in [-0.2, -0.15) is 0 Å². The van der Waals surface area contributed by atoms with E-state index in [1.54, 1.807) is 0 Å².